The number of aromatic nitrogens is 2. The molecule has 0 bridgehead atoms. The highest BCUT2D eigenvalue weighted by Gasteiger charge is 2.47. The van der Waals surface area contributed by atoms with Crippen molar-refractivity contribution in [3.05, 3.63) is 188 Å². The second kappa shape index (κ2) is 20.3. The van der Waals surface area contributed by atoms with Gasteiger partial charge in [0.25, 0.3) is 0 Å². The summed E-state index contributed by atoms with van der Waals surface area (Å²) in [6.45, 7) is 1.07. The molecule has 6 aromatic rings. The van der Waals surface area contributed by atoms with Crippen LogP contribution >= 0.6 is 0 Å². The molecule has 0 aliphatic carbocycles. The molecule has 0 N–H and O–H groups in total. The van der Waals surface area contributed by atoms with Gasteiger partial charge in [-0.2, -0.15) is 132 Å². The molecule has 396 valence electrons. The SMILES string of the molecule is FC(F)(F)c1cc([B-](c2cc(C(F)(F)F)cc(C(F)(F)F)c2)(c2cc(C(F)(F)F)cc(C(F)(F)F)c2)c2cc(C(F)(F)F)cc(C(F)(F)F)c2)cc(C(F)(F)F)c1.[N-]=[N+]=NCc1c[n+](Cc2ccccc2)ccn1. The lowest BCUT2D eigenvalue weighted by molar-refractivity contribution is -0.689. The molecule has 0 fully saturated rings. The maximum atomic E-state index is 14.2. The van der Waals surface area contributed by atoms with Crippen LogP contribution in [0.1, 0.15) is 55.8 Å². The van der Waals surface area contributed by atoms with Crippen molar-refractivity contribution in [1.82, 2.24) is 4.98 Å². The summed E-state index contributed by atoms with van der Waals surface area (Å²) >= 11 is 0. The molecule has 74 heavy (non-hydrogen) atoms. The molecular weight excluding hydrogens is 1070 g/mol. The summed E-state index contributed by atoms with van der Waals surface area (Å²) in [6.07, 6.45) is -49.3. The van der Waals surface area contributed by atoms with Gasteiger partial charge in [0.15, 0.2) is 18.9 Å². The summed E-state index contributed by atoms with van der Waals surface area (Å²) in [5.74, 6) is 0. The molecule has 0 amide bonds. The van der Waals surface area contributed by atoms with E-state index in [0.717, 1.165) is 12.2 Å². The first-order valence-corrected chi connectivity index (χ1v) is 19.9. The molecule has 0 spiro atoms. The second-order valence-electron chi connectivity index (χ2n) is 15.8. The Kier molecular flexibility index (Phi) is 15.8. The van der Waals surface area contributed by atoms with Crippen LogP contribution in [0.5, 0.6) is 0 Å². The predicted octanol–water partition coefficient (Wildman–Crippen LogP) is 13.4. The Morgan fingerprint density at radius 3 is 0.932 bits per heavy atom. The second-order valence-corrected chi connectivity index (χ2v) is 15.8. The number of hydrogen-bond donors (Lipinski definition) is 0. The molecule has 0 saturated heterocycles. The monoisotopic (exact) mass is 1090 g/mol. The van der Waals surface area contributed by atoms with Gasteiger partial charge in [0.05, 0.1) is 57.2 Å². The van der Waals surface area contributed by atoms with Gasteiger partial charge in [0.2, 0.25) is 0 Å². The van der Waals surface area contributed by atoms with Crippen LogP contribution in [-0.2, 0) is 62.5 Å². The van der Waals surface area contributed by atoms with E-state index in [1.807, 2.05) is 35.2 Å². The van der Waals surface area contributed by atoms with E-state index >= 15 is 0 Å². The van der Waals surface area contributed by atoms with Gasteiger partial charge >= 0.3 is 49.4 Å². The summed E-state index contributed by atoms with van der Waals surface area (Å²) in [4.78, 5) is 6.85. The van der Waals surface area contributed by atoms with Gasteiger partial charge in [-0.25, -0.2) is 4.98 Å². The molecule has 0 aliphatic rings. The van der Waals surface area contributed by atoms with E-state index in [9.17, 15) is 105 Å². The lowest BCUT2D eigenvalue weighted by atomic mass is 9.12. The Morgan fingerprint density at radius 1 is 0.419 bits per heavy atom. The molecule has 6 rings (SSSR count). The lowest BCUT2D eigenvalue weighted by Crippen LogP contribution is -2.75. The fourth-order valence-electron chi connectivity index (χ4n) is 7.63. The minimum atomic E-state index is -6.13. The average Bonchev–Trinajstić information content (AvgIpc) is 3.26. The molecule has 1 aromatic heterocycles. The third kappa shape index (κ3) is 13.7. The number of halogens is 24. The average molecular weight is 1090 g/mol. The van der Waals surface area contributed by atoms with Crippen LogP contribution in [-0.4, -0.2) is 11.1 Å². The first-order valence-electron chi connectivity index (χ1n) is 19.9. The highest BCUT2D eigenvalue weighted by molar-refractivity contribution is 7.20. The van der Waals surface area contributed by atoms with Crippen LogP contribution in [0.4, 0.5) is 105 Å². The third-order valence-electron chi connectivity index (χ3n) is 10.8. The normalized spacial score (nSPS) is 13.2. The lowest BCUT2D eigenvalue weighted by Gasteiger charge is -2.46. The summed E-state index contributed by atoms with van der Waals surface area (Å²) in [5.41, 5.74) is -20.0. The van der Waals surface area contributed by atoms with Crippen molar-refractivity contribution in [3.63, 3.8) is 0 Å². The highest BCUT2D eigenvalue weighted by Crippen LogP contribution is 2.41. The number of alkyl halides is 24. The molecular formula is C44H24BF24N5. The minimum absolute atomic E-state index is 0.284. The smallest absolute Gasteiger partial charge is 0.249 e. The standard InChI is InChI=1S/C32H12BF24.C12H12N5/c34-25(35,36)13-1-14(26(37,38)39)6-21(5-13)33(22-7-15(27(40,41)42)2-16(8-22)28(43,44)45,23-9-17(29(46,47)48)3-18(10-23)30(49,50)51)24-11-19(31(52,53)54)4-20(12-24)32(55,56)57;13-16-15-8-12-10-17(7-6-14-12)9-11-4-2-1-3-5-11/h1-12H;1-7,10H,8-9H2/q-1;+1. The summed E-state index contributed by atoms with van der Waals surface area (Å²) in [6, 6.07) is 1.35. The molecule has 0 radical (unpaired) electrons. The van der Waals surface area contributed by atoms with Crippen LogP contribution in [0.15, 0.2) is 127 Å². The van der Waals surface area contributed by atoms with Crippen LogP contribution in [0, 0.1) is 0 Å². The van der Waals surface area contributed by atoms with Crippen LogP contribution < -0.4 is 26.4 Å². The van der Waals surface area contributed by atoms with Crippen LogP contribution in [0.25, 0.3) is 10.4 Å². The van der Waals surface area contributed by atoms with E-state index < -0.39 is 195 Å². The molecule has 5 aromatic carbocycles. The first-order chi connectivity index (χ1) is 33.6. The quantitative estimate of drug-likeness (QED) is 0.0374. The summed E-state index contributed by atoms with van der Waals surface area (Å²) in [5, 5.41) is 3.49. The zero-order valence-corrected chi connectivity index (χ0v) is 35.8. The molecule has 30 heteroatoms. The number of nitrogens with zero attached hydrogens (tertiary/aromatic N) is 5. The molecule has 5 nitrogen and oxygen atoms in total. The third-order valence-corrected chi connectivity index (χ3v) is 10.8. The Balaban J connectivity index is 0.000000500. The largest absolute Gasteiger partial charge is 0.416 e. The van der Waals surface area contributed by atoms with Crippen LogP contribution in [0.2, 0.25) is 0 Å². The minimum Gasteiger partial charge on any atom is -0.249 e. The van der Waals surface area contributed by atoms with Crippen molar-refractivity contribution in [2.24, 2.45) is 5.11 Å². The molecule has 0 aliphatic heterocycles. The van der Waals surface area contributed by atoms with E-state index in [1.165, 1.54) is 5.56 Å². The first kappa shape index (κ1) is 57.8. The fraction of sp³-hybridized carbons (Fsp3) is 0.227. The maximum absolute atomic E-state index is 14.2. The Bertz CT molecular complexity index is 2580. The van der Waals surface area contributed by atoms with Crippen LogP contribution in [0.3, 0.4) is 0 Å². The van der Waals surface area contributed by atoms with E-state index in [1.54, 1.807) is 6.20 Å². The number of azide groups is 1. The number of benzene rings is 5. The van der Waals surface area contributed by atoms with Crippen molar-refractivity contribution in [2.45, 2.75) is 62.5 Å². The zero-order valence-electron chi connectivity index (χ0n) is 35.8. The van der Waals surface area contributed by atoms with Crippen molar-refractivity contribution in [2.75, 3.05) is 0 Å². The van der Waals surface area contributed by atoms with Gasteiger partial charge in [-0.3, -0.25) is 0 Å². The maximum Gasteiger partial charge on any atom is 0.416 e. The van der Waals surface area contributed by atoms with Gasteiger partial charge in [0.1, 0.15) is 11.8 Å². The highest BCUT2D eigenvalue weighted by atomic mass is 19.4. The van der Waals surface area contributed by atoms with E-state index in [2.05, 4.69) is 27.1 Å². The predicted molar refractivity (Wildman–Crippen MR) is 213 cm³/mol. The summed E-state index contributed by atoms with van der Waals surface area (Å²) < 4.78 is 343. The van der Waals surface area contributed by atoms with E-state index in [4.69, 9.17) is 5.53 Å². The van der Waals surface area contributed by atoms with Gasteiger partial charge < -0.3 is 0 Å². The van der Waals surface area contributed by atoms with Gasteiger partial charge in [0, 0.05) is 10.5 Å². The summed E-state index contributed by atoms with van der Waals surface area (Å²) in [7, 11) is 0. The molecule has 0 unspecified atom stereocenters. The molecule has 0 atom stereocenters. The molecule has 1 heterocycles. The zero-order chi connectivity index (χ0) is 55.8. The number of rotatable bonds is 8. The number of hydrogen-bond acceptors (Lipinski definition) is 2. The Labute approximate surface area is 398 Å². The Morgan fingerprint density at radius 2 is 0.689 bits per heavy atom. The van der Waals surface area contributed by atoms with Crippen molar-refractivity contribution < 1.29 is 110 Å². The Hall–Kier alpha value is -7.13. The fourth-order valence-corrected chi connectivity index (χ4v) is 7.63. The molecule has 0 saturated carbocycles. The van der Waals surface area contributed by atoms with Crippen molar-refractivity contribution >= 4 is 28.0 Å². The van der Waals surface area contributed by atoms with Gasteiger partial charge in [-0.15, -0.1) is 0 Å². The topological polar surface area (TPSA) is 65.5 Å². The van der Waals surface area contributed by atoms with E-state index in [0.29, 0.717) is 0 Å². The van der Waals surface area contributed by atoms with Gasteiger partial charge in [-0.05, 0) is 29.8 Å². The van der Waals surface area contributed by atoms with Crippen molar-refractivity contribution in [1.29, 1.82) is 0 Å². The van der Waals surface area contributed by atoms with Crippen molar-refractivity contribution in [3.8, 4) is 0 Å². The van der Waals surface area contributed by atoms with E-state index in [-0.39, 0.29) is 6.54 Å². The van der Waals surface area contributed by atoms with Gasteiger partial charge in [-0.1, -0.05) is 84.0 Å².